The minimum atomic E-state index is -1.37. The summed E-state index contributed by atoms with van der Waals surface area (Å²) in [5.74, 6) is -3.47. The Morgan fingerprint density at radius 3 is 2.17 bits per heavy atom. The second kappa shape index (κ2) is 15.2. The zero-order valence-corrected chi connectivity index (χ0v) is 27.4. The second-order valence-electron chi connectivity index (χ2n) is 12.5. The largest absolute Gasteiger partial charge is 0.481 e. The lowest BCUT2D eigenvalue weighted by molar-refractivity contribution is -0.139. The molecule has 10 nitrogen and oxygen atoms in total. The molecule has 3 aromatic rings. The average molecular weight is 682 g/mol. The van der Waals surface area contributed by atoms with Crippen molar-refractivity contribution < 1.29 is 29.1 Å². The number of halogens is 2. The number of anilines is 1. The highest BCUT2D eigenvalue weighted by Crippen LogP contribution is 2.46. The number of piperidine rings is 1. The van der Waals surface area contributed by atoms with Crippen LogP contribution in [0.4, 0.5) is 5.69 Å². The average Bonchev–Trinajstić information content (AvgIpc) is 3.49. The van der Waals surface area contributed by atoms with Crippen molar-refractivity contribution in [3.63, 3.8) is 0 Å². The van der Waals surface area contributed by atoms with Crippen molar-refractivity contribution in [2.75, 3.05) is 18.4 Å². The fourth-order valence-corrected chi connectivity index (χ4v) is 7.24. The number of hydrogen-bond donors (Lipinski definition) is 4. The number of carboxylic acid groups (broad SMARTS) is 1. The van der Waals surface area contributed by atoms with Gasteiger partial charge in [0.1, 0.15) is 12.1 Å². The molecule has 1 saturated carbocycles. The topological polar surface area (TPSA) is 145 Å². The summed E-state index contributed by atoms with van der Waals surface area (Å²) < 4.78 is 0. The summed E-state index contributed by atoms with van der Waals surface area (Å²) in [6.07, 6.45) is 5.55. The number of aliphatic carboxylic acids is 1. The third-order valence-corrected chi connectivity index (χ3v) is 9.70. The van der Waals surface area contributed by atoms with Gasteiger partial charge in [0.05, 0.1) is 6.42 Å². The molecule has 2 aliphatic rings. The van der Waals surface area contributed by atoms with Crippen LogP contribution in [0.1, 0.15) is 68.1 Å². The maximum Gasteiger partial charge on any atom is 0.305 e. The number of hydrogen-bond acceptors (Lipinski definition) is 5. The SMILES string of the molecule is O=C(O)C[C@H](NC(=O)CC[C@@H](NC(=O)c1cc(Cl)cc(Cl)c1)C(=O)N1CCC2(CCCC2)CC1)C(=O)Nc1cccc2ccccc12. The Hall–Kier alpha value is -4.15. The standard InChI is InChI=1S/C35H38Cl2N4O6/c36-24-18-23(19-25(37)20-24)32(45)40-28(34(47)41-16-14-35(15-17-41)12-3-4-13-35)10-11-30(42)38-29(21-31(43)44)33(46)39-27-9-5-7-22-6-1-2-8-26(22)27/h1-2,5-9,18-20,28-29H,3-4,10-17,21H2,(H,38,42)(H,39,46)(H,40,45)(H,43,44)/t28-,29+/m1/s1. The number of rotatable bonds is 11. The summed E-state index contributed by atoms with van der Waals surface area (Å²) in [4.78, 5) is 66.8. The Bertz CT molecular complexity index is 1640. The molecule has 0 bridgehead atoms. The number of nitrogens with zero attached hydrogens (tertiary/aromatic N) is 1. The van der Waals surface area contributed by atoms with Crippen LogP contribution in [-0.4, -0.2) is 64.8 Å². The summed E-state index contributed by atoms with van der Waals surface area (Å²) in [6.45, 7) is 1.13. The van der Waals surface area contributed by atoms with Crippen LogP contribution in [0.5, 0.6) is 0 Å². The van der Waals surface area contributed by atoms with E-state index in [4.69, 9.17) is 23.2 Å². The molecule has 1 aliphatic heterocycles. The van der Waals surface area contributed by atoms with E-state index >= 15 is 0 Å². The number of amides is 4. The van der Waals surface area contributed by atoms with E-state index in [9.17, 15) is 29.1 Å². The Morgan fingerprint density at radius 1 is 0.830 bits per heavy atom. The third kappa shape index (κ3) is 8.81. The highest BCUT2D eigenvalue weighted by atomic mass is 35.5. The molecule has 5 rings (SSSR count). The van der Waals surface area contributed by atoms with E-state index in [0.29, 0.717) is 18.8 Å². The molecule has 0 unspecified atom stereocenters. The lowest BCUT2D eigenvalue weighted by Gasteiger charge is -2.40. The highest BCUT2D eigenvalue weighted by molar-refractivity contribution is 6.35. The van der Waals surface area contributed by atoms with Crippen LogP contribution in [0.15, 0.2) is 60.7 Å². The van der Waals surface area contributed by atoms with Gasteiger partial charge in [-0.25, -0.2) is 0 Å². The number of carbonyl (C=O) groups excluding carboxylic acids is 4. The van der Waals surface area contributed by atoms with Crippen molar-refractivity contribution in [2.45, 2.75) is 69.9 Å². The zero-order chi connectivity index (χ0) is 33.6. The van der Waals surface area contributed by atoms with Gasteiger partial charge < -0.3 is 26.0 Å². The lowest BCUT2D eigenvalue weighted by atomic mass is 9.77. The second-order valence-corrected chi connectivity index (χ2v) is 13.4. The Labute approximate surface area is 283 Å². The van der Waals surface area contributed by atoms with Gasteiger partial charge in [-0.15, -0.1) is 0 Å². The molecule has 1 heterocycles. The molecule has 4 N–H and O–H groups in total. The number of likely N-dealkylation sites (tertiary alicyclic amines) is 1. The smallest absolute Gasteiger partial charge is 0.305 e. The molecular weight excluding hydrogens is 643 g/mol. The van der Waals surface area contributed by atoms with E-state index in [2.05, 4.69) is 16.0 Å². The number of carbonyl (C=O) groups is 5. The Morgan fingerprint density at radius 2 is 1.49 bits per heavy atom. The van der Waals surface area contributed by atoms with Gasteiger partial charge in [-0.2, -0.15) is 0 Å². The summed E-state index contributed by atoms with van der Waals surface area (Å²) in [6, 6.07) is 14.7. The predicted octanol–water partition coefficient (Wildman–Crippen LogP) is 5.81. The predicted molar refractivity (Wildman–Crippen MR) is 180 cm³/mol. The van der Waals surface area contributed by atoms with Gasteiger partial charge in [0.2, 0.25) is 17.7 Å². The maximum absolute atomic E-state index is 13.8. The van der Waals surface area contributed by atoms with Crippen molar-refractivity contribution >= 4 is 69.3 Å². The first-order valence-corrected chi connectivity index (χ1v) is 16.6. The molecule has 0 radical (unpaired) electrons. The normalized spacial score (nSPS) is 16.8. The molecule has 248 valence electrons. The molecule has 2 atom stereocenters. The van der Waals surface area contributed by atoms with E-state index in [1.165, 1.54) is 31.0 Å². The number of carboxylic acids is 1. The van der Waals surface area contributed by atoms with Gasteiger partial charge in [-0.05, 0) is 67.2 Å². The van der Waals surface area contributed by atoms with Gasteiger partial charge in [0, 0.05) is 46.2 Å². The molecule has 4 amide bonds. The van der Waals surface area contributed by atoms with Gasteiger partial charge >= 0.3 is 5.97 Å². The van der Waals surface area contributed by atoms with E-state index in [0.717, 1.165) is 36.5 Å². The van der Waals surface area contributed by atoms with E-state index in [1.54, 1.807) is 17.0 Å². The minimum Gasteiger partial charge on any atom is -0.481 e. The molecule has 1 saturated heterocycles. The monoisotopic (exact) mass is 680 g/mol. The molecule has 1 spiro atoms. The van der Waals surface area contributed by atoms with Crippen LogP contribution in [0, 0.1) is 5.41 Å². The van der Waals surface area contributed by atoms with Crippen molar-refractivity contribution in [2.24, 2.45) is 5.41 Å². The van der Waals surface area contributed by atoms with Crippen molar-refractivity contribution in [3.8, 4) is 0 Å². The van der Waals surface area contributed by atoms with E-state index in [-0.39, 0.29) is 39.8 Å². The fraction of sp³-hybridized carbons (Fsp3) is 0.400. The molecule has 3 aromatic carbocycles. The first-order chi connectivity index (χ1) is 22.5. The van der Waals surface area contributed by atoms with Gasteiger partial charge in [0.25, 0.3) is 5.91 Å². The molecular formula is C35H38Cl2N4O6. The molecule has 2 fully saturated rings. The number of fused-ring (bicyclic) bond motifs is 1. The van der Waals surface area contributed by atoms with Crippen LogP contribution in [0.3, 0.4) is 0 Å². The minimum absolute atomic E-state index is 0.0723. The van der Waals surface area contributed by atoms with Crippen molar-refractivity contribution in [3.05, 3.63) is 76.3 Å². The molecule has 0 aromatic heterocycles. The molecule has 1 aliphatic carbocycles. The zero-order valence-electron chi connectivity index (χ0n) is 25.9. The van der Waals surface area contributed by atoms with Crippen LogP contribution < -0.4 is 16.0 Å². The Balaban J connectivity index is 1.27. The van der Waals surface area contributed by atoms with E-state index in [1.807, 2.05) is 30.3 Å². The Kier molecular flexibility index (Phi) is 11.0. The first kappa shape index (κ1) is 34.2. The maximum atomic E-state index is 13.8. The summed E-state index contributed by atoms with van der Waals surface area (Å²) in [7, 11) is 0. The third-order valence-electron chi connectivity index (χ3n) is 9.27. The molecule has 12 heteroatoms. The number of benzene rings is 3. The quantitative estimate of drug-likeness (QED) is 0.201. The van der Waals surface area contributed by atoms with Crippen LogP contribution in [-0.2, 0) is 19.2 Å². The van der Waals surface area contributed by atoms with E-state index < -0.39 is 42.2 Å². The molecule has 47 heavy (non-hydrogen) atoms. The van der Waals surface area contributed by atoms with Crippen molar-refractivity contribution in [1.82, 2.24) is 15.5 Å². The van der Waals surface area contributed by atoms with Crippen LogP contribution in [0.25, 0.3) is 10.8 Å². The van der Waals surface area contributed by atoms with Gasteiger partial charge in [0.15, 0.2) is 0 Å². The van der Waals surface area contributed by atoms with Gasteiger partial charge in [-0.3, -0.25) is 24.0 Å². The fourth-order valence-electron chi connectivity index (χ4n) is 6.71. The summed E-state index contributed by atoms with van der Waals surface area (Å²) in [5, 5.41) is 19.7. The summed E-state index contributed by atoms with van der Waals surface area (Å²) >= 11 is 12.2. The van der Waals surface area contributed by atoms with Gasteiger partial charge in [-0.1, -0.05) is 72.4 Å². The van der Waals surface area contributed by atoms with Crippen LogP contribution >= 0.6 is 23.2 Å². The highest BCUT2D eigenvalue weighted by Gasteiger charge is 2.39. The first-order valence-electron chi connectivity index (χ1n) is 15.9. The number of nitrogens with one attached hydrogen (secondary N) is 3. The lowest BCUT2D eigenvalue weighted by Crippen LogP contribution is -2.52. The van der Waals surface area contributed by atoms with Crippen LogP contribution in [0.2, 0.25) is 10.0 Å². The summed E-state index contributed by atoms with van der Waals surface area (Å²) in [5.41, 5.74) is 0.923. The van der Waals surface area contributed by atoms with Crippen molar-refractivity contribution in [1.29, 1.82) is 0 Å².